The molecule has 2 amide bonds. The van der Waals surface area contributed by atoms with Crippen LogP contribution >= 0.6 is 0 Å². The molecule has 2 unspecified atom stereocenters. The van der Waals surface area contributed by atoms with Crippen LogP contribution in [0, 0.1) is 0 Å². The summed E-state index contributed by atoms with van der Waals surface area (Å²) in [7, 11) is 0. The monoisotopic (exact) mass is 327 g/mol. The van der Waals surface area contributed by atoms with Gasteiger partial charge in [-0.2, -0.15) is 0 Å². The molecule has 1 rings (SSSR count). The normalized spacial score (nSPS) is 12.9. The molecule has 0 saturated carbocycles. The van der Waals surface area contributed by atoms with Gasteiger partial charge >= 0.3 is 11.9 Å². The first-order chi connectivity index (χ1) is 10.8. The van der Waals surface area contributed by atoms with Crippen molar-refractivity contribution >= 4 is 23.8 Å². The summed E-state index contributed by atoms with van der Waals surface area (Å²) < 4.78 is 0. The summed E-state index contributed by atoms with van der Waals surface area (Å²) in [5.41, 5.74) is 5.57. The van der Waals surface area contributed by atoms with E-state index in [4.69, 9.17) is 15.9 Å². The zero-order valence-electron chi connectivity index (χ0n) is 12.0. The molecule has 0 fully saturated rings. The molecular formula is C12H17N5O6. The molecule has 23 heavy (non-hydrogen) atoms. The van der Waals surface area contributed by atoms with E-state index in [1.807, 2.05) is 0 Å². The molecule has 0 aromatic carbocycles. The zero-order valence-corrected chi connectivity index (χ0v) is 12.0. The Balaban J connectivity index is 2.77. The third kappa shape index (κ3) is 6.13. The van der Waals surface area contributed by atoms with Gasteiger partial charge in [0.15, 0.2) is 0 Å². The van der Waals surface area contributed by atoms with Crippen LogP contribution in [0.2, 0.25) is 0 Å². The molecule has 1 heterocycles. The maximum Gasteiger partial charge on any atom is 0.326 e. The summed E-state index contributed by atoms with van der Waals surface area (Å²) in [6.07, 6.45) is 1.97. The highest BCUT2D eigenvalue weighted by Crippen LogP contribution is 2.01. The van der Waals surface area contributed by atoms with E-state index in [0.717, 1.165) is 0 Å². The molecule has 126 valence electrons. The van der Waals surface area contributed by atoms with Gasteiger partial charge in [0.1, 0.15) is 12.1 Å². The lowest BCUT2D eigenvalue weighted by molar-refractivity contribution is -0.143. The second-order valence-corrected chi connectivity index (χ2v) is 4.60. The van der Waals surface area contributed by atoms with Crippen LogP contribution in [-0.4, -0.2) is 62.6 Å². The van der Waals surface area contributed by atoms with Gasteiger partial charge in [0.2, 0.25) is 11.8 Å². The topological polar surface area (TPSA) is 188 Å². The van der Waals surface area contributed by atoms with E-state index in [-0.39, 0.29) is 6.42 Å². The summed E-state index contributed by atoms with van der Waals surface area (Å²) >= 11 is 0. The molecule has 0 spiro atoms. The second kappa shape index (κ2) is 8.48. The summed E-state index contributed by atoms with van der Waals surface area (Å²) in [4.78, 5) is 51.7. The van der Waals surface area contributed by atoms with Gasteiger partial charge in [-0.15, -0.1) is 0 Å². The van der Waals surface area contributed by atoms with Gasteiger partial charge in [0, 0.05) is 18.3 Å². The number of amides is 2. The first-order valence-electron chi connectivity index (χ1n) is 6.55. The minimum absolute atomic E-state index is 0.0777. The standard InChI is InChI=1S/C12H17N5O6/c13-3-9(18)16-7(2-10(19)20)11(21)17-8(12(22)23)1-6-4-14-5-15-6/h4-5,7-8H,1-3,13H2,(H,14,15)(H,16,18)(H,17,21)(H,19,20)(H,22,23). The number of carbonyl (C=O) groups excluding carboxylic acids is 2. The summed E-state index contributed by atoms with van der Waals surface area (Å²) in [6, 6.07) is -2.74. The Kier molecular flexibility index (Phi) is 6.68. The summed E-state index contributed by atoms with van der Waals surface area (Å²) in [6.45, 7) is -0.431. The predicted molar refractivity (Wildman–Crippen MR) is 75.1 cm³/mol. The Bertz CT molecular complexity index is 573. The van der Waals surface area contributed by atoms with Crippen molar-refractivity contribution in [3.05, 3.63) is 18.2 Å². The van der Waals surface area contributed by atoms with Crippen LogP contribution in [0.25, 0.3) is 0 Å². The maximum atomic E-state index is 12.1. The Morgan fingerprint density at radius 3 is 2.39 bits per heavy atom. The highest BCUT2D eigenvalue weighted by molar-refractivity contribution is 5.93. The number of nitrogens with one attached hydrogen (secondary N) is 3. The van der Waals surface area contributed by atoms with Crippen LogP contribution in [-0.2, 0) is 25.6 Å². The number of aromatic nitrogens is 2. The fourth-order valence-electron chi connectivity index (χ4n) is 1.73. The van der Waals surface area contributed by atoms with E-state index in [9.17, 15) is 19.2 Å². The molecule has 0 aliphatic rings. The number of nitrogens with two attached hydrogens (primary N) is 1. The van der Waals surface area contributed by atoms with Gasteiger partial charge in [0.25, 0.3) is 0 Å². The zero-order chi connectivity index (χ0) is 17.4. The number of hydrogen-bond donors (Lipinski definition) is 6. The van der Waals surface area contributed by atoms with Gasteiger partial charge in [-0.1, -0.05) is 0 Å². The fraction of sp³-hybridized carbons (Fsp3) is 0.417. The number of nitrogens with zero attached hydrogens (tertiary/aromatic N) is 1. The molecule has 0 saturated heterocycles. The number of imidazole rings is 1. The van der Waals surface area contributed by atoms with Crippen molar-refractivity contribution in [2.24, 2.45) is 5.73 Å². The smallest absolute Gasteiger partial charge is 0.326 e. The third-order valence-electron chi connectivity index (χ3n) is 2.81. The highest BCUT2D eigenvalue weighted by Gasteiger charge is 2.28. The van der Waals surface area contributed by atoms with Crippen LogP contribution < -0.4 is 16.4 Å². The second-order valence-electron chi connectivity index (χ2n) is 4.60. The molecule has 0 aliphatic carbocycles. The number of H-pyrrole nitrogens is 1. The lowest BCUT2D eigenvalue weighted by Gasteiger charge is -2.19. The molecule has 2 atom stereocenters. The number of aromatic amines is 1. The highest BCUT2D eigenvalue weighted by atomic mass is 16.4. The van der Waals surface area contributed by atoms with Crippen LogP contribution in [0.4, 0.5) is 0 Å². The van der Waals surface area contributed by atoms with Gasteiger partial charge in [0.05, 0.1) is 19.3 Å². The van der Waals surface area contributed by atoms with E-state index < -0.39 is 48.8 Å². The SMILES string of the molecule is NCC(=O)NC(CC(=O)O)C(=O)NC(Cc1cnc[nH]1)C(=O)O. The van der Waals surface area contributed by atoms with Crippen molar-refractivity contribution in [1.82, 2.24) is 20.6 Å². The molecule has 1 aromatic rings. The van der Waals surface area contributed by atoms with Crippen molar-refractivity contribution in [3.8, 4) is 0 Å². The Hall–Kier alpha value is -2.95. The van der Waals surface area contributed by atoms with Crippen LogP contribution in [0.3, 0.4) is 0 Å². The van der Waals surface area contributed by atoms with Crippen LogP contribution in [0.1, 0.15) is 12.1 Å². The lowest BCUT2D eigenvalue weighted by atomic mass is 10.1. The Labute approximate surface area is 130 Å². The molecular weight excluding hydrogens is 310 g/mol. The van der Waals surface area contributed by atoms with E-state index in [2.05, 4.69) is 20.6 Å². The van der Waals surface area contributed by atoms with Gasteiger partial charge in [-0.3, -0.25) is 14.4 Å². The molecule has 1 aromatic heterocycles. The van der Waals surface area contributed by atoms with Crippen molar-refractivity contribution in [2.75, 3.05) is 6.54 Å². The average Bonchev–Trinajstić information content (AvgIpc) is 2.97. The molecule has 0 radical (unpaired) electrons. The van der Waals surface area contributed by atoms with Crippen molar-refractivity contribution in [1.29, 1.82) is 0 Å². The van der Waals surface area contributed by atoms with Gasteiger partial charge in [-0.05, 0) is 0 Å². The molecule has 0 aliphatic heterocycles. The number of carboxylic acid groups (broad SMARTS) is 2. The summed E-state index contributed by atoms with van der Waals surface area (Å²) in [5, 5.41) is 22.2. The molecule has 11 nitrogen and oxygen atoms in total. The number of rotatable bonds is 9. The predicted octanol–water partition coefficient (Wildman–Crippen LogP) is -2.56. The Morgan fingerprint density at radius 1 is 1.22 bits per heavy atom. The van der Waals surface area contributed by atoms with Crippen LogP contribution in [0.5, 0.6) is 0 Å². The average molecular weight is 327 g/mol. The first-order valence-corrected chi connectivity index (χ1v) is 6.55. The quantitative estimate of drug-likeness (QED) is 0.285. The van der Waals surface area contributed by atoms with Crippen molar-refractivity contribution in [2.45, 2.75) is 24.9 Å². The Morgan fingerprint density at radius 2 is 1.91 bits per heavy atom. The largest absolute Gasteiger partial charge is 0.481 e. The molecule has 7 N–H and O–H groups in total. The minimum Gasteiger partial charge on any atom is -0.481 e. The van der Waals surface area contributed by atoms with E-state index in [1.54, 1.807) is 0 Å². The summed E-state index contributed by atoms with van der Waals surface area (Å²) in [5.74, 6) is -4.30. The van der Waals surface area contributed by atoms with E-state index in [1.165, 1.54) is 12.5 Å². The van der Waals surface area contributed by atoms with Crippen molar-refractivity contribution in [3.63, 3.8) is 0 Å². The number of carboxylic acids is 2. The third-order valence-corrected chi connectivity index (χ3v) is 2.81. The first kappa shape index (κ1) is 18.1. The number of carbonyl (C=O) groups is 4. The minimum atomic E-state index is -1.42. The van der Waals surface area contributed by atoms with Crippen LogP contribution in [0.15, 0.2) is 12.5 Å². The van der Waals surface area contributed by atoms with Gasteiger partial charge in [-0.25, -0.2) is 9.78 Å². The van der Waals surface area contributed by atoms with Gasteiger partial charge < -0.3 is 31.6 Å². The maximum absolute atomic E-state index is 12.1. The number of hydrogen-bond acceptors (Lipinski definition) is 6. The lowest BCUT2D eigenvalue weighted by Crippen LogP contribution is -2.53. The molecule has 11 heteroatoms. The number of aliphatic carboxylic acids is 2. The van der Waals surface area contributed by atoms with Crippen molar-refractivity contribution < 1.29 is 29.4 Å². The van der Waals surface area contributed by atoms with E-state index in [0.29, 0.717) is 5.69 Å². The van der Waals surface area contributed by atoms with E-state index >= 15 is 0 Å². The fourth-order valence-corrected chi connectivity index (χ4v) is 1.73. The molecule has 0 bridgehead atoms.